The van der Waals surface area contributed by atoms with Crippen LogP contribution in [0.5, 0.6) is 5.75 Å². The standard InChI is InChI=1S/C21H26N2O2/c1-25-20-10-8-19(9-11-20)23-15-13-18(14-16-23)22-21(24)12-7-17-5-3-2-4-6-17/h2-6,8-11,18H,7,12-16H2,1H3,(H,22,24). The summed E-state index contributed by atoms with van der Waals surface area (Å²) >= 11 is 0. The van der Waals surface area contributed by atoms with Crippen molar-refractivity contribution in [1.29, 1.82) is 0 Å². The first-order valence-corrected chi connectivity index (χ1v) is 8.97. The van der Waals surface area contributed by atoms with E-state index < -0.39 is 0 Å². The number of hydrogen-bond donors (Lipinski definition) is 1. The average Bonchev–Trinajstić information content (AvgIpc) is 2.68. The monoisotopic (exact) mass is 338 g/mol. The van der Waals surface area contributed by atoms with Gasteiger partial charge in [0.25, 0.3) is 0 Å². The Morgan fingerprint density at radius 1 is 1.08 bits per heavy atom. The van der Waals surface area contributed by atoms with Gasteiger partial charge in [-0.1, -0.05) is 30.3 Å². The molecule has 0 aliphatic carbocycles. The van der Waals surface area contributed by atoms with E-state index in [9.17, 15) is 4.79 Å². The third-order valence-corrected chi connectivity index (χ3v) is 4.78. The maximum Gasteiger partial charge on any atom is 0.220 e. The predicted molar refractivity (Wildman–Crippen MR) is 101 cm³/mol. The molecule has 25 heavy (non-hydrogen) atoms. The van der Waals surface area contributed by atoms with E-state index in [4.69, 9.17) is 4.74 Å². The quantitative estimate of drug-likeness (QED) is 0.877. The molecule has 4 nitrogen and oxygen atoms in total. The molecule has 0 unspecified atom stereocenters. The largest absolute Gasteiger partial charge is 0.497 e. The van der Waals surface area contributed by atoms with Gasteiger partial charge in [-0.15, -0.1) is 0 Å². The Labute approximate surface area is 149 Å². The van der Waals surface area contributed by atoms with Crippen molar-refractivity contribution in [2.75, 3.05) is 25.1 Å². The summed E-state index contributed by atoms with van der Waals surface area (Å²) in [6.45, 7) is 1.94. The third-order valence-electron chi connectivity index (χ3n) is 4.78. The molecular formula is C21H26N2O2. The second-order valence-electron chi connectivity index (χ2n) is 6.51. The Bertz CT molecular complexity index is 662. The number of methoxy groups -OCH3 is 1. The van der Waals surface area contributed by atoms with E-state index in [1.807, 2.05) is 30.3 Å². The Morgan fingerprint density at radius 3 is 2.40 bits per heavy atom. The molecule has 0 saturated carbocycles. The van der Waals surface area contributed by atoms with Gasteiger partial charge < -0.3 is 15.0 Å². The number of carbonyl (C=O) groups excluding carboxylic acids is 1. The van der Waals surface area contributed by atoms with E-state index in [-0.39, 0.29) is 11.9 Å². The number of hydrogen-bond acceptors (Lipinski definition) is 3. The number of anilines is 1. The highest BCUT2D eigenvalue weighted by Gasteiger charge is 2.20. The summed E-state index contributed by atoms with van der Waals surface area (Å²) in [5.74, 6) is 1.04. The molecule has 132 valence electrons. The number of ether oxygens (including phenoxy) is 1. The highest BCUT2D eigenvalue weighted by atomic mass is 16.5. The van der Waals surface area contributed by atoms with Crippen LogP contribution < -0.4 is 15.0 Å². The number of piperidine rings is 1. The van der Waals surface area contributed by atoms with Gasteiger partial charge in [-0.3, -0.25) is 4.79 Å². The Balaban J connectivity index is 1.41. The van der Waals surface area contributed by atoms with Crippen molar-refractivity contribution < 1.29 is 9.53 Å². The molecule has 2 aromatic carbocycles. The van der Waals surface area contributed by atoms with Crippen LogP contribution in [-0.4, -0.2) is 32.1 Å². The molecule has 0 spiro atoms. The first-order chi connectivity index (χ1) is 12.2. The van der Waals surface area contributed by atoms with Crippen molar-refractivity contribution in [2.24, 2.45) is 0 Å². The first kappa shape index (κ1) is 17.3. The fraction of sp³-hybridized carbons (Fsp3) is 0.381. The van der Waals surface area contributed by atoms with Crippen LogP contribution in [0.2, 0.25) is 0 Å². The van der Waals surface area contributed by atoms with Crippen molar-refractivity contribution in [2.45, 2.75) is 31.7 Å². The van der Waals surface area contributed by atoms with Crippen molar-refractivity contribution in [1.82, 2.24) is 5.32 Å². The fourth-order valence-corrected chi connectivity index (χ4v) is 3.28. The lowest BCUT2D eigenvalue weighted by Gasteiger charge is -2.34. The lowest BCUT2D eigenvalue weighted by molar-refractivity contribution is -0.121. The first-order valence-electron chi connectivity index (χ1n) is 8.97. The highest BCUT2D eigenvalue weighted by Crippen LogP contribution is 2.22. The molecule has 0 atom stereocenters. The van der Waals surface area contributed by atoms with Crippen molar-refractivity contribution in [3.8, 4) is 5.75 Å². The SMILES string of the molecule is COc1ccc(N2CCC(NC(=O)CCc3ccccc3)CC2)cc1. The summed E-state index contributed by atoms with van der Waals surface area (Å²) in [4.78, 5) is 14.5. The van der Waals surface area contributed by atoms with Crippen molar-refractivity contribution in [3.63, 3.8) is 0 Å². The predicted octanol–water partition coefficient (Wildman–Crippen LogP) is 3.41. The molecule has 2 aromatic rings. The molecule has 1 aliphatic rings. The van der Waals surface area contributed by atoms with E-state index >= 15 is 0 Å². The van der Waals surface area contributed by atoms with Crippen molar-refractivity contribution >= 4 is 11.6 Å². The fourth-order valence-electron chi connectivity index (χ4n) is 3.28. The van der Waals surface area contributed by atoms with Crippen LogP contribution in [-0.2, 0) is 11.2 Å². The molecule has 1 heterocycles. The lowest BCUT2D eigenvalue weighted by atomic mass is 10.0. The van der Waals surface area contributed by atoms with Gasteiger partial charge in [0.1, 0.15) is 5.75 Å². The van der Waals surface area contributed by atoms with Gasteiger partial charge in [0.05, 0.1) is 7.11 Å². The minimum atomic E-state index is 0.159. The topological polar surface area (TPSA) is 41.6 Å². The molecule has 1 aliphatic heterocycles. The van der Waals surface area contributed by atoms with Crippen LogP contribution in [0.25, 0.3) is 0 Å². The second kappa shape index (κ2) is 8.56. The Hall–Kier alpha value is -2.49. The van der Waals surface area contributed by atoms with Crippen LogP contribution in [0.15, 0.2) is 54.6 Å². The smallest absolute Gasteiger partial charge is 0.220 e. The van der Waals surface area contributed by atoms with Gasteiger partial charge >= 0.3 is 0 Å². The molecule has 4 heteroatoms. The zero-order chi connectivity index (χ0) is 17.5. The van der Waals surface area contributed by atoms with Gasteiger partial charge in [0, 0.05) is 31.2 Å². The molecule has 1 N–H and O–H groups in total. The van der Waals surface area contributed by atoms with Gasteiger partial charge in [-0.25, -0.2) is 0 Å². The van der Waals surface area contributed by atoms with Gasteiger partial charge in [-0.05, 0) is 49.1 Å². The highest BCUT2D eigenvalue weighted by molar-refractivity contribution is 5.76. The van der Waals surface area contributed by atoms with Crippen LogP contribution in [0.3, 0.4) is 0 Å². The number of aryl methyl sites for hydroxylation is 1. The molecule has 0 bridgehead atoms. The summed E-state index contributed by atoms with van der Waals surface area (Å²) in [6, 6.07) is 18.6. The van der Waals surface area contributed by atoms with Gasteiger partial charge in [0.2, 0.25) is 5.91 Å². The zero-order valence-corrected chi connectivity index (χ0v) is 14.8. The number of benzene rings is 2. The van der Waals surface area contributed by atoms with Crippen LogP contribution in [0.4, 0.5) is 5.69 Å². The van der Waals surface area contributed by atoms with Crippen LogP contribution in [0, 0.1) is 0 Å². The van der Waals surface area contributed by atoms with E-state index in [2.05, 4.69) is 34.5 Å². The zero-order valence-electron chi connectivity index (χ0n) is 14.8. The molecule has 1 amide bonds. The maximum atomic E-state index is 12.2. The van der Waals surface area contributed by atoms with Crippen LogP contribution >= 0.6 is 0 Å². The molecule has 0 aromatic heterocycles. The third kappa shape index (κ3) is 4.99. The van der Waals surface area contributed by atoms with E-state index in [0.717, 1.165) is 38.1 Å². The number of amides is 1. The Kier molecular flexibility index (Phi) is 5.94. The van der Waals surface area contributed by atoms with Gasteiger partial charge in [0.15, 0.2) is 0 Å². The number of carbonyl (C=O) groups is 1. The molecule has 1 fully saturated rings. The van der Waals surface area contributed by atoms with Gasteiger partial charge in [-0.2, -0.15) is 0 Å². The summed E-state index contributed by atoms with van der Waals surface area (Å²) in [5.41, 5.74) is 2.43. The minimum Gasteiger partial charge on any atom is -0.497 e. The van der Waals surface area contributed by atoms with E-state index in [0.29, 0.717) is 6.42 Å². The van der Waals surface area contributed by atoms with Crippen LogP contribution in [0.1, 0.15) is 24.8 Å². The average molecular weight is 338 g/mol. The summed E-state index contributed by atoms with van der Waals surface area (Å²) < 4.78 is 5.21. The number of rotatable bonds is 6. The summed E-state index contributed by atoms with van der Waals surface area (Å²) in [7, 11) is 1.68. The van der Waals surface area contributed by atoms with E-state index in [1.165, 1.54) is 11.3 Å². The molecule has 0 radical (unpaired) electrons. The normalized spacial score (nSPS) is 15.0. The number of nitrogens with zero attached hydrogens (tertiary/aromatic N) is 1. The summed E-state index contributed by atoms with van der Waals surface area (Å²) in [5, 5.41) is 3.19. The number of nitrogens with one attached hydrogen (secondary N) is 1. The second-order valence-corrected chi connectivity index (χ2v) is 6.51. The van der Waals surface area contributed by atoms with E-state index in [1.54, 1.807) is 7.11 Å². The molecular weight excluding hydrogens is 312 g/mol. The molecule has 3 rings (SSSR count). The van der Waals surface area contributed by atoms with Crippen molar-refractivity contribution in [3.05, 3.63) is 60.2 Å². The Morgan fingerprint density at radius 2 is 1.76 bits per heavy atom. The molecule has 1 saturated heterocycles. The maximum absolute atomic E-state index is 12.2. The summed E-state index contributed by atoms with van der Waals surface area (Å²) in [6.07, 6.45) is 3.34. The lowest BCUT2D eigenvalue weighted by Crippen LogP contribution is -2.44. The minimum absolute atomic E-state index is 0.159.